The molecule has 1 aromatic rings. The van der Waals surface area contributed by atoms with Gasteiger partial charge in [-0.3, -0.25) is 19.8 Å². The van der Waals surface area contributed by atoms with Crippen LogP contribution in [0.5, 0.6) is 0 Å². The number of hydrogen-bond acceptors (Lipinski definition) is 5. The van der Waals surface area contributed by atoms with E-state index < -0.39 is 4.92 Å². The third-order valence-corrected chi connectivity index (χ3v) is 4.75. The molecule has 0 spiro atoms. The first-order chi connectivity index (χ1) is 11.1. The first-order valence-electron chi connectivity index (χ1n) is 8.10. The fourth-order valence-electron chi connectivity index (χ4n) is 3.40. The standard InChI is InChI=1S/C16H22N4O3/c21-16(11-13-3-1-2-4-15(13)20(22)23)19-9-7-18(8-10-19)14-5-6-17-12-14/h1-4,14,17H,5-12H2. The van der Waals surface area contributed by atoms with Crippen molar-refractivity contribution in [3.05, 3.63) is 39.9 Å². The third kappa shape index (κ3) is 3.68. The Balaban J connectivity index is 1.56. The monoisotopic (exact) mass is 318 g/mol. The van der Waals surface area contributed by atoms with Gasteiger partial charge < -0.3 is 10.2 Å². The van der Waals surface area contributed by atoms with E-state index in [1.165, 1.54) is 12.5 Å². The van der Waals surface area contributed by atoms with E-state index in [4.69, 9.17) is 0 Å². The summed E-state index contributed by atoms with van der Waals surface area (Å²) < 4.78 is 0. The molecule has 7 heteroatoms. The van der Waals surface area contributed by atoms with E-state index in [0.29, 0.717) is 24.7 Å². The van der Waals surface area contributed by atoms with Crippen LogP contribution in [0.2, 0.25) is 0 Å². The average Bonchev–Trinajstić information content (AvgIpc) is 3.10. The Morgan fingerprint density at radius 2 is 2.00 bits per heavy atom. The van der Waals surface area contributed by atoms with Gasteiger partial charge in [0.05, 0.1) is 11.3 Å². The number of nitro groups is 1. The molecule has 2 aliphatic rings. The topological polar surface area (TPSA) is 78.7 Å². The van der Waals surface area contributed by atoms with Gasteiger partial charge in [-0.2, -0.15) is 0 Å². The molecule has 0 saturated carbocycles. The van der Waals surface area contributed by atoms with Crippen molar-refractivity contribution in [1.29, 1.82) is 0 Å². The van der Waals surface area contributed by atoms with Gasteiger partial charge in [-0.15, -0.1) is 0 Å². The summed E-state index contributed by atoms with van der Waals surface area (Å²) in [4.78, 5) is 27.3. The Morgan fingerprint density at radius 1 is 1.26 bits per heavy atom. The molecule has 0 aliphatic carbocycles. The highest BCUT2D eigenvalue weighted by Crippen LogP contribution is 2.19. The summed E-state index contributed by atoms with van der Waals surface area (Å²) in [7, 11) is 0. The molecule has 1 unspecified atom stereocenters. The van der Waals surface area contributed by atoms with E-state index in [2.05, 4.69) is 10.2 Å². The van der Waals surface area contributed by atoms with Crippen LogP contribution in [0.1, 0.15) is 12.0 Å². The van der Waals surface area contributed by atoms with E-state index in [1.807, 2.05) is 4.90 Å². The molecule has 1 N–H and O–H groups in total. The summed E-state index contributed by atoms with van der Waals surface area (Å²) >= 11 is 0. The Bertz CT molecular complexity index is 578. The molecule has 3 rings (SSSR count). The van der Waals surface area contributed by atoms with Crippen molar-refractivity contribution in [1.82, 2.24) is 15.1 Å². The Hall–Kier alpha value is -1.99. The molecule has 0 bridgehead atoms. The summed E-state index contributed by atoms with van der Waals surface area (Å²) in [5.41, 5.74) is 0.515. The van der Waals surface area contributed by atoms with Crippen LogP contribution in [0.15, 0.2) is 24.3 Å². The Kier molecular flexibility index (Phi) is 4.88. The molecule has 1 atom stereocenters. The average molecular weight is 318 g/mol. The molecule has 7 nitrogen and oxygen atoms in total. The molecule has 0 radical (unpaired) electrons. The number of hydrogen-bond donors (Lipinski definition) is 1. The van der Waals surface area contributed by atoms with Crippen LogP contribution in [0, 0.1) is 10.1 Å². The largest absolute Gasteiger partial charge is 0.340 e. The summed E-state index contributed by atoms with van der Waals surface area (Å²) in [5, 5.41) is 14.4. The van der Waals surface area contributed by atoms with Crippen LogP contribution >= 0.6 is 0 Å². The number of carbonyl (C=O) groups is 1. The zero-order chi connectivity index (χ0) is 16.2. The number of benzene rings is 1. The van der Waals surface area contributed by atoms with Crippen LogP contribution < -0.4 is 5.32 Å². The summed E-state index contributed by atoms with van der Waals surface area (Å²) in [6, 6.07) is 7.06. The van der Waals surface area contributed by atoms with Crippen molar-refractivity contribution < 1.29 is 9.72 Å². The predicted octanol–water partition coefficient (Wildman–Crippen LogP) is 0.643. The van der Waals surface area contributed by atoms with Crippen LogP contribution in [0.4, 0.5) is 5.69 Å². The smallest absolute Gasteiger partial charge is 0.273 e. The molecule has 1 amide bonds. The second kappa shape index (κ2) is 7.06. The van der Waals surface area contributed by atoms with Gasteiger partial charge >= 0.3 is 0 Å². The van der Waals surface area contributed by atoms with Crippen LogP contribution in [0.3, 0.4) is 0 Å². The van der Waals surface area contributed by atoms with Crippen molar-refractivity contribution in [2.75, 3.05) is 39.3 Å². The number of nitrogens with zero attached hydrogens (tertiary/aromatic N) is 3. The zero-order valence-corrected chi connectivity index (χ0v) is 13.1. The SMILES string of the molecule is O=C(Cc1ccccc1[N+](=O)[O-])N1CCN(C2CCNC2)CC1. The molecule has 2 aliphatic heterocycles. The van der Waals surface area contributed by atoms with Gasteiger partial charge in [0.2, 0.25) is 5.91 Å². The van der Waals surface area contributed by atoms with Crippen molar-refractivity contribution in [3.63, 3.8) is 0 Å². The summed E-state index contributed by atoms with van der Waals surface area (Å²) in [5.74, 6) is -0.0245. The minimum atomic E-state index is -0.423. The predicted molar refractivity (Wildman–Crippen MR) is 86.2 cm³/mol. The highest BCUT2D eigenvalue weighted by atomic mass is 16.6. The number of nitrogens with one attached hydrogen (secondary N) is 1. The zero-order valence-electron chi connectivity index (χ0n) is 13.1. The van der Waals surface area contributed by atoms with E-state index >= 15 is 0 Å². The fourth-order valence-corrected chi connectivity index (χ4v) is 3.40. The molecule has 23 heavy (non-hydrogen) atoms. The molecule has 124 valence electrons. The van der Waals surface area contributed by atoms with Gasteiger partial charge in [0.1, 0.15) is 0 Å². The number of rotatable bonds is 4. The lowest BCUT2D eigenvalue weighted by molar-refractivity contribution is -0.385. The molecule has 2 heterocycles. The van der Waals surface area contributed by atoms with Crippen LogP contribution in [-0.2, 0) is 11.2 Å². The summed E-state index contributed by atoms with van der Waals surface area (Å²) in [6.07, 6.45) is 1.27. The van der Waals surface area contributed by atoms with E-state index in [1.54, 1.807) is 18.2 Å². The maximum absolute atomic E-state index is 12.4. The van der Waals surface area contributed by atoms with E-state index in [-0.39, 0.29) is 18.0 Å². The quantitative estimate of drug-likeness (QED) is 0.651. The lowest BCUT2D eigenvalue weighted by Crippen LogP contribution is -2.52. The first-order valence-corrected chi connectivity index (χ1v) is 8.10. The number of carbonyl (C=O) groups excluding carboxylic acids is 1. The fraction of sp³-hybridized carbons (Fsp3) is 0.562. The second-order valence-electron chi connectivity index (χ2n) is 6.13. The maximum Gasteiger partial charge on any atom is 0.273 e. The van der Waals surface area contributed by atoms with Crippen molar-refractivity contribution in [3.8, 4) is 0 Å². The minimum Gasteiger partial charge on any atom is -0.340 e. The first kappa shape index (κ1) is 15.9. The number of amides is 1. The van der Waals surface area contributed by atoms with Crippen LogP contribution in [0.25, 0.3) is 0 Å². The van der Waals surface area contributed by atoms with Gasteiger partial charge in [0.15, 0.2) is 0 Å². The molecular weight excluding hydrogens is 296 g/mol. The lowest BCUT2D eigenvalue weighted by Gasteiger charge is -2.37. The Labute approximate surface area is 135 Å². The van der Waals surface area contributed by atoms with Crippen molar-refractivity contribution in [2.24, 2.45) is 0 Å². The third-order valence-electron chi connectivity index (χ3n) is 4.75. The van der Waals surface area contributed by atoms with Gasteiger partial charge in [-0.1, -0.05) is 18.2 Å². The van der Waals surface area contributed by atoms with Crippen molar-refractivity contribution >= 4 is 11.6 Å². The van der Waals surface area contributed by atoms with E-state index in [9.17, 15) is 14.9 Å². The van der Waals surface area contributed by atoms with Gasteiger partial charge in [0, 0.05) is 50.4 Å². The van der Waals surface area contributed by atoms with Crippen LogP contribution in [-0.4, -0.2) is 65.9 Å². The number of para-hydroxylation sites is 1. The molecule has 2 saturated heterocycles. The highest BCUT2D eigenvalue weighted by molar-refractivity contribution is 5.80. The molecular formula is C16H22N4O3. The normalized spacial score (nSPS) is 22.3. The highest BCUT2D eigenvalue weighted by Gasteiger charge is 2.28. The van der Waals surface area contributed by atoms with Gasteiger partial charge in [-0.25, -0.2) is 0 Å². The molecule has 2 fully saturated rings. The molecule has 1 aromatic carbocycles. The van der Waals surface area contributed by atoms with Crippen molar-refractivity contribution in [2.45, 2.75) is 18.9 Å². The maximum atomic E-state index is 12.4. The minimum absolute atomic E-state index is 0.0245. The summed E-state index contributed by atoms with van der Waals surface area (Å²) in [6.45, 7) is 5.28. The molecule has 0 aromatic heterocycles. The van der Waals surface area contributed by atoms with Gasteiger partial charge in [-0.05, 0) is 13.0 Å². The Morgan fingerprint density at radius 3 is 2.65 bits per heavy atom. The lowest BCUT2D eigenvalue weighted by atomic mass is 10.1. The second-order valence-corrected chi connectivity index (χ2v) is 6.13. The number of nitro benzene ring substituents is 1. The van der Waals surface area contributed by atoms with Gasteiger partial charge in [0.25, 0.3) is 5.69 Å². The number of piperazine rings is 1. The van der Waals surface area contributed by atoms with E-state index in [0.717, 1.165) is 26.2 Å².